The van der Waals surface area contributed by atoms with Crippen LogP contribution in [0.25, 0.3) is 0 Å². The Morgan fingerprint density at radius 1 is 1.05 bits per heavy atom. The minimum atomic E-state index is -4.42. The maximum atomic E-state index is 12.4. The molecular weight excluding hydrogens is 293 g/mol. The Kier molecular flexibility index (Phi) is 6.51. The molecule has 0 fully saturated rings. The molecule has 0 spiro atoms. The fourth-order valence-electron chi connectivity index (χ4n) is 1.62. The largest absolute Gasteiger partial charge is 0.416 e. The topological polar surface area (TPSA) is 57.5 Å². The van der Waals surface area contributed by atoms with Gasteiger partial charge in [0.15, 0.2) is 5.75 Å². The van der Waals surface area contributed by atoms with Gasteiger partial charge < -0.3 is 10.2 Å². The molecule has 0 bridgehead atoms. The van der Waals surface area contributed by atoms with E-state index in [0.29, 0.717) is 11.5 Å². The van der Waals surface area contributed by atoms with Gasteiger partial charge in [-0.15, -0.1) is 0 Å². The van der Waals surface area contributed by atoms with Gasteiger partial charge in [0.1, 0.15) is 11.5 Å². The van der Waals surface area contributed by atoms with Crippen LogP contribution in [0.1, 0.15) is 15.9 Å². The fourth-order valence-corrected chi connectivity index (χ4v) is 3.17. The predicted molar refractivity (Wildman–Crippen MR) is 71.9 cm³/mol. The number of carbonyl (C=O) groups excluding carboxylic acids is 1. The smallest absolute Gasteiger partial charge is 0.391 e. The van der Waals surface area contributed by atoms with Crippen LogP contribution in [0.5, 0.6) is 0 Å². The van der Waals surface area contributed by atoms with Crippen LogP contribution in [0.15, 0.2) is 24.3 Å². The van der Waals surface area contributed by atoms with Crippen molar-refractivity contribution in [3.8, 4) is 0 Å². The van der Waals surface area contributed by atoms with Crippen LogP contribution in [0.2, 0.25) is 0 Å². The number of rotatable bonds is 7. The number of carbonyl (C=O) groups is 1. The second-order valence-corrected chi connectivity index (χ2v) is 6.44. The molecule has 0 unspecified atom stereocenters. The molecule has 2 N–H and O–H groups in total. The van der Waals surface area contributed by atoms with Crippen molar-refractivity contribution in [2.45, 2.75) is 6.18 Å². The fraction of sp³-hybridized carbons (Fsp3) is 0.462. The Bertz CT molecular complexity index is 425. The molecule has 20 heavy (non-hydrogen) atoms. The molecule has 0 aliphatic heterocycles. The zero-order valence-corrected chi connectivity index (χ0v) is 11.5. The molecule has 0 heterocycles. The summed E-state index contributed by atoms with van der Waals surface area (Å²) in [6.45, 7) is -0.160. The molecule has 0 aromatic heterocycles. The highest BCUT2D eigenvalue weighted by molar-refractivity contribution is 7.97. The summed E-state index contributed by atoms with van der Waals surface area (Å²) in [6, 6.07) is 4.07. The number of aliphatic hydroxyl groups is 2. The molecule has 0 saturated heterocycles. The molecule has 7 heteroatoms. The van der Waals surface area contributed by atoms with Gasteiger partial charge in [-0.1, -0.05) is 12.1 Å². The number of hydrogen-bond donors (Lipinski definition) is 2. The zero-order valence-electron chi connectivity index (χ0n) is 10.7. The van der Waals surface area contributed by atoms with E-state index >= 15 is 0 Å². The summed E-state index contributed by atoms with van der Waals surface area (Å²) < 4.78 is 37.2. The highest BCUT2D eigenvalue weighted by Gasteiger charge is 2.30. The number of halogens is 3. The SMILES string of the molecule is O=C(C[S+](CCO)CCO)c1ccc(C(F)(F)F)cc1. The molecule has 1 rings (SSSR count). The molecule has 0 aliphatic carbocycles. The minimum Gasteiger partial charge on any atom is -0.391 e. The van der Waals surface area contributed by atoms with Crippen molar-refractivity contribution in [3.05, 3.63) is 35.4 Å². The van der Waals surface area contributed by atoms with Crippen molar-refractivity contribution in [3.63, 3.8) is 0 Å². The molecule has 1 aromatic carbocycles. The Balaban J connectivity index is 2.72. The van der Waals surface area contributed by atoms with Crippen molar-refractivity contribution >= 4 is 16.7 Å². The standard InChI is InChI=1S/C13H16F3O3S/c14-13(15,16)11-3-1-10(2-4-11)12(19)9-20(7-5-17)8-6-18/h1-4,17-18H,5-9H2/q+1. The summed E-state index contributed by atoms with van der Waals surface area (Å²) in [5.74, 6) is 0.677. The third-order valence-corrected chi connectivity index (χ3v) is 4.82. The summed E-state index contributed by atoms with van der Waals surface area (Å²) in [5.41, 5.74) is -0.579. The van der Waals surface area contributed by atoms with Gasteiger partial charge in [0.2, 0.25) is 5.78 Å². The Hall–Kier alpha value is -1.05. The lowest BCUT2D eigenvalue weighted by molar-refractivity contribution is -0.137. The minimum absolute atomic E-state index is 0.0800. The molecule has 0 saturated carbocycles. The second-order valence-electron chi connectivity index (χ2n) is 4.11. The monoisotopic (exact) mass is 309 g/mol. The summed E-state index contributed by atoms with van der Waals surface area (Å²) in [5, 5.41) is 17.7. The third kappa shape index (κ3) is 5.15. The van der Waals surface area contributed by atoms with Crippen molar-refractivity contribution in [1.82, 2.24) is 0 Å². The molecular formula is C13H16F3O3S+. The number of aliphatic hydroxyl groups excluding tert-OH is 2. The van der Waals surface area contributed by atoms with Gasteiger partial charge in [-0.3, -0.25) is 4.79 Å². The van der Waals surface area contributed by atoms with E-state index in [0.717, 1.165) is 24.3 Å². The van der Waals surface area contributed by atoms with Crippen molar-refractivity contribution in [2.75, 3.05) is 30.5 Å². The highest BCUT2D eigenvalue weighted by Crippen LogP contribution is 2.29. The summed E-state index contributed by atoms with van der Waals surface area (Å²) >= 11 is 0. The van der Waals surface area contributed by atoms with Gasteiger partial charge >= 0.3 is 6.18 Å². The molecule has 3 nitrogen and oxygen atoms in total. The van der Waals surface area contributed by atoms with E-state index in [4.69, 9.17) is 10.2 Å². The van der Waals surface area contributed by atoms with Crippen LogP contribution in [0, 0.1) is 0 Å². The van der Waals surface area contributed by atoms with Crippen LogP contribution in [0.4, 0.5) is 13.2 Å². The average Bonchev–Trinajstić information content (AvgIpc) is 2.38. The van der Waals surface area contributed by atoms with Gasteiger partial charge in [0.05, 0.1) is 18.8 Å². The first-order chi connectivity index (χ1) is 9.38. The molecule has 0 atom stereocenters. The first-order valence-corrected chi connectivity index (χ1v) is 7.68. The van der Waals surface area contributed by atoms with E-state index in [1.54, 1.807) is 0 Å². The maximum absolute atomic E-state index is 12.4. The highest BCUT2D eigenvalue weighted by atomic mass is 32.2. The molecule has 0 aliphatic rings. The Morgan fingerprint density at radius 2 is 1.55 bits per heavy atom. The van der Waals surface area contributed by atoms with E-state index in [2.05, 4.69) is 0 Å². The van der Waals surface area contributed by atoms with Crippen LogP contribution in [-0.2, 0) is 17.1 Å². The first kappa shape index (κ1) is 17.0. The maximum Gasteiger partial charge on any atom is 0.416 e. The Morgan fingerprint density at radius 3 is 1.95 bits per heavy atom. The van der Waals surface area contributed by atoms with Crippen LogP contribution >= 0.6 is 0 Å². The number of alkyl halides is 3. The van der Waals surface area contributed by atoms with E-state index in [9.17, 15) is 18.0 Å². The molecule has 0 amide bonds. The lowest BCUT2D eigenvalue weighted by Crippen LogP contribution is -2.25. The lowest BCUT2D eigenvalue weighted by atomic mass is 10.1. The van der Waals surface area contributed by atoms with Gasteiger partial charge in [-0.25, -0.2) is 0 Å². The van der Waals surface area contributed by atoms with Crippen molar-refractivity contribution in [1.29, 1.82) is 0 Å². The number of Topliss-reactive ketones (excluding diaryl/α,β-unsaturated/α-hetero) is 1. The van der Waals surface area contributed by atoms with Gasteiger partial charge in [0, 0.05) is 16.5 Å². The molecule has 1 aromatic rings. The van der Waals surface area contributed by atoms with E-state index in [1.807, 2.05) is 0 Å². The van der Waals surface area contributed by atoms with Gasteiger partial charge in [0.25, 0.3) is 0 Å². The Labute approximate surface area is 117 Å². The van der Waals surface area contributed by atoms with Crippen molar-refractivity contribution < 1.29 is 28.2 Å². The lowest BCUT2D eigenvalue weighted by Gasteiger charge is -2.08. The predicted octanol–water partition coefficient (Wildman–Crippen LogP) is 1.49. The quantitative estimate of drug-likeness (QED) is 0.593. The van der Waals surface area contributed by atoms with E-state index in [-0.39, 0.29) is 30.3 Å². The van der Waals surface area contributed by atoms with Crippen LogP contribution in [0.3, 0.4) is 0 Å². The van der Waals surface area contributed by atoms with Crippen molar-refractivity contribution in [2.24, 2.45) is 0 Å². The second kappa shape index (κ2) is 7.66. The zero-order chi connectivity index (χ0) is 15.2. The van der Waals surface area contributed by atoms with E-state index < -0.39 is 22.6 Å². The number of ketones is 1. The molecule has 0 radical (unpaired) electrons. The van der Waals surface area contributed by atoms with Crippen LogP contribution in [-0.4, -0.2) is 46.5 Å². The number of benzene rings is 1. The van der Waals surface area contributed by atoms with Crippen LogP contribution < -0.4 is 0 Å². The molecule has 112 valence electrons. The summed E-state index contributed by atoms with van der Waals surface area (Å²) in [6.07, 6.45) is -4.42. The summed E-state index contributed by atoms with van der Waals surface area (Å²) in [7, 11) is -0.449. The number of hydrogen-bond acceptors (Lipinski definition) is 3. The summed E-state index contributed by atoms with van der Waals surface area (Å²) in [4.78, 5) is 11.9. The van der Waals surface area contributed by atoms with E-state index in [1.165, 1.54) is 0 Å². The normalized spacial score (nSPS) is 11.9. The van der Waals surface area contributed by atoms with Gasteiger partial charge in [-0.05, 0) is 12.1 Å². The third-order valence-electron chi connectivity index (χ3n) is 2.63. The van der Waals surface area contributed by atoms with Gasteiger partial charge in [-0.2, -0.15) is 13.2 Å². The first-order valence-electron chi connectivity index (χ1n) is 5.94. The average molecular weight is 309 g/mol.